The summed E-state index contributed by atoms with van der Waals surface area (Å²) in [4.78, 5) is 12.8. The minimum atomic E-state index is -0.682. The summed E-state index contributed by atoms with van der Waals surface area (Å²) in [5.74, 6) is -0.0361. The first kappa shape index (κ1) is 26.2. The lowest BCUT2D eigenvalue weighted by Crippen LogP contribution is -2.34. The van der Waals surface area contributed by atoms with Crippen molar-refractivity contribution in [2.24, 2.45) is 5.10 Å². The van der Waals surface area contributed by atoms with E-state index >= 15 is 0 Å². The number of carbonyl (C=O) groups is 1. The second-order valence-electron chi connectivity index (χ2n) is 9.86. The summed E-state index contributed by atoms with van der Waals surface area (Å²) < 4.78 is -1.19. The van der Waals surface area contributed by atoms with Gasteiger partial charge in [0.1, 0.15) is 0 Å². The Labute approximate surface area is 243 Å². The van der Waals surface area contributed by atoms with Gasteiger partial charge in [0, 0.05) is 17.5 Å². The maximum absolute atomic E-state index is 12.8. The highest BCUT2D eigenvalue weighted by Crippen LogP contribution is 2.70. The number of ketones is 1. The summed E-state index contributed by atoms with van der Waals surface area (Å²) in [6.45, 7) is 5.96. The number of Topliss-reactive ketones (excluding diaryl/α,β-unsaturated/α-hetero) is 1. The van der Waals surface area contributed by atoms with Crippen LogP contribution in [-0.2, 0) is 26.6 Å². The predicted octanol–water partition coefficient (Wildman–Crippen LogP) is 8.77. The van der Waals surface area contributed by atoms with Gasteiger partial charge < -0.3 is 0 Å². The van der Waals surface area contributed by atoms with E-state index in [1.807, 2.05) is 41.0 Å². The van der Waals surface area contributed by atoms with Crippen LogP contribution in [0, 0.1) is 0 Å². The molecule has 3 nitrogen and oxygen atoms in total. The topological polar surface area (TPSA) is 32.7 Å². The molecular weight excluding hydrogens is 540 g/mol. The largest absolute Gasteiger partial charge is 0.292 e. The van der Waals surface area contributed by atoms with Crippen molar-refractivity contribution in [2.45, 2.75) is 42.6 Å². The molecule has 0 fully saturated rings. The molecule has 0 radical (unpaired) electrons. The number of thioether (sulfide) groups is 2. The van der Waals surface area contributed by atoms with Gasteiger partial charge in [-0.05, 0) is 64.9 Å². The van der Waals surface area contributed by atoms with E-state index in [0.717, 1.165) is 24.1 Å². The van der Waals surface area contributed by atoms with Gasteiger partial charge in [-0.2, -0.15) is 5.10 Å². The number of hydrogen-bond acceptors (Lipinski definition) is 5. The number of benzene rings is 4. The van der Waals surface area contributed by atoms with E-state index in [9.17, 15) is 4.79 Å². The Hall–Kier alpha value is -2.99. The molecule has 2 aliphatic heterocycles. The number of nitrogens with zero attached hydrogens (tertiary/aromatic N) is 2. The molecule has 0 unspecified atom stereocenters. The number of fused-ring (bicyclic) bond motifs is 2. The zero-order valence-electron chi connectivity index (χ0n) is 22.1. The minimum absolute atomic E-state index is 0.0361. The maximum atomic E-state index is 12.8. The van der Waals surface area contributed by atoms with Crippen LogP contribution in [0.1, 0.15) is 54.2 Å². The van der Waals surface area contributed by atoms with Gasteiger partial charge in [0.25, 0.3) is 0 Å². The third-order valence-corrected chi connectivity index (χ3v) is 11.2. The van der Waals surface area contributed by atoms with Crippen LogP contribution in [0.2, 0.25) is 5.02 Å². The van der Waals surface area contributed by atoms with Crippen LogP contribution in [-0.4, -0.2) is 10.8 Å². The summed E-state index contributed by atoms with van der Waals surface area (Å²) >= 11 is 9.65. The van der Waals surface area contributed by atoms with E-state index in [1.54, 1.807) is 18.7 Å². The summed E-state index contributed by atoms with van der Waals surface area (Å²) in [5.41, 5.74) is 8.30. The molecule has 6 heteroatoms. The Morgan fingerprint density at radius 1 is 0.795 bits per heavy atom. The smallest absolute Gasteiger partial charge is 0.187 e. The average molecular weight is 569 g/mol. The van der Waals surface area contributed by atoms with Crippen molar-refractivity contribution in [2.75, 3.05) is 5.01 Å². The number of carbonyl (C=O) groups excluding carboxylic acids is 1. The second kappa shape index (κ2) is 10.2. The molecule has 0 amide bonds. The van der Waals surface area contributed by atoms with E-state index in [-0.39, 0.29) is 5.78 Å². The molecule has 0 N–H and O–H groups in total. The molecule has 4 aromatic carbocycles. The Bertz CT molecular complexity index is 1520. The Morgan fingerprint density at radius 2 is 1.33 bits per heavy atom. The van der Waals surface area contributed by atoms with Crippen molar-refractivity contribution >= 4 is 51.6 Å². The van der Waals surface area contributed by atoms with Crippen molar-refractivity contribution in [1.82, 2.24) is 0 Å². The molecular formula is C33H29ClN2OS2. The third-order valence-electron chi connectivity index (χ3n) is 7.55. The van der Waals surface area contributed by atoms with Gasteiger partial charge in [0.15, 0.2) is 15.0 Å². The molecule has 4 aromatic rings. The predicted molar refractivity (Wildman–Crippen MR) is 167 cm³/mol. The average Bonchev–Trinajstić information content (AvgIpc) is 3.51. The lowest BCUT2D eigenvalue weighted by atomic mass is 9.81. The van der Waals surface area contributed by atoms with Crippen molar-refractivity contribution < 1.29 is 4.79 Å². The summed E-state index contributed by atoms with van der Waals surface area (Å²) in [6.07, 6.45) is 1.98. The first-order valence-electron chi connectivity index (χ1n) is 13.2. The molecule has 1 spiro atoms. The van der Waals surface area contributed by atoms with Gasteiger partial charge in [-0.1, -0.05) is 122 Å². The first-order chi connectivity index (χ1) is 18.9. The zero-order chi connectivity index (χ0) is 27.2. The summed E-state index contributed by atoms with van der Waals surface area (Å²) in [7, 11) is 0. The van der Waals surface area contributed by atoms with E-state index < -0.39 is 8.95 Å². The maximum Gasteiger partial charge on any atom is 0.187 e. The van der Waals surface area contributed by atoms with Crippen LogP contribution in [0.4, 0.5) is 5.69 Å². The number of rotatable bonds is 6. The molecule has 196 valence electrons. The van der Waals surface area contributed by atoms with Gasteiger partial charge in [-0.3, -0.25) is 4.79 Å². The van der Waals surface area contributed by atoms with Crippen molar-refractivity contribution in [3.05, 3.63) is 135 Å². The quantitative estimate of drug-likeness (QED) is 0.233. The molecule has 6 rings (SSSR count). The highest BCUT2D eigenvalue weighted by Gasteiger charge is 2.61. The molecule has 2 heterocycles. The normalized spacial score (nSPS) is 19.3. The van der Waals surface area contributed by atoms with Crippen LogP contribution in [0.25, 0.3) is 0 Å². The lowest BCUT2D eigenvalue weighted by molar-refractivity contribution is -0.110. The van der Waals surface area contributed by atoms with Gasteiger partial charge >= 0.3 is 0 Å². The van der Waals surface area contributed by atoms with Gasteiger partial charge in [-0.25, -0.2) is 5.01 Å². The molecule has 39 heavy (non-hydrogen) atoms. The third kappa shape index (κ3) is 4.23. The monoisotopic (exact) mass is 568 g/mol. The molecule has 1 atom stereocenters. The van der Waals surface area contributed by atoms with Crippen LogP contribution >= 0.6 is 35.1 Å². The number of anilines is 1. The Kier molecular flexibility index (Phi) is 6.86. The molecule has 0 saturated carbocycles. The number of hydrazone groups is 1. The van der Waals surface area contributed by atoms with Gasteiger partial charge in [0.05, 0.1) is 10.4 Å². The zero-order valence-corrected chi connectivity index (χ0v) is 24.5. The fourth-order valence-electron chi connectivity index (χ4n) is 5.47. The summed E-state index contributed by atoms with van der Waals surface area (Å²) in [5, 5.41) is 8.12. The van der Waals surface area contributed by atoms with Crippen molar-refractivity contribution in [3.63, 3.8) is 0 Å². The Morgan fingerprint density at radius 3 is 1.85 bits per heavy atom. The van der Waals surface area contributed by atoms with Crippen LogP contribution in [0.15, 0.2) is 102 Å². The van der Waals surface area contributed by atoms with Gasteiger partial charge in [0.2, 0.25) is 0 Å². The molecule has 2 aliphatic rings. The fraction of sp³-hybridized carbons (Fsp3) is 0.212. The van der Waals surface area contributed by atoms with E-state index in [0.29, 0.717) is 10.1 Å². The van der Waals surface area contributed by atoms with Crippen molar-refractivity contribution in [3.8, 4) is 0 Å². The van der Waals surface area contributed by atoms with E-state index in [2.05, 4.69) is 86.6 Å². The highest BCUT2D eigenvalue weighted by molar-refractivity contribution is 8.27. The molecule has 0 aromatic heterocycles. The fourth-order valence-corrected chi connectivity index (χ4v) is 9.15. The minimum Gasteiger partial charge on any atom is -0.292 e. The standard InChI is InChI=1S/C33H29ClN2OS2/c1-4-23-10-14-25(15-11-23)32(26-16-12-24(5-2)13-17-26)29-8-6-7-9-30(29)33(39-32)36(35-31(38-33)22(3)37)28-20-18-27(34)19-21-28/h6-21H,4-5H2,1-3H3/t33-/m0/s1. The first-order valence-corrected chi connectivity index (χ1v) is 15.3. The lowest BCUT2D eigenvalue weighted by Gasteiger charge is -2.37. The van der Waals surface area contributed by atoms with Crippen LogP contribution in [0.5, 0.6) is 0 Å². The Balaban J connectivity index is 1.63. The molecule has 0 saturated heterocycles. The van der Waals surface area contributed by atoms with E-state index in [1.165, 1.54) is 27.8 Å². The van der Waals surface area contributed by atoms with Crippen molar-refractivity contribution in [1.29, 1.82) is 0 Å². The highest BCUT2D eigenvalue weighted by atomic mass is 35.5. The SMILES string of the molecule is CCc1ccc(C2(c3ccc(CC)cc3)S[C@@]3(SC(C(C)=O)=NN3c3ccc(Cl)cc3)c3ccccc32)cc1. The molecule has 0 aliphatic carbocycles. The van der Waals surface area contributed by atoms with Crippen LogP contribution in [0.3, 0.4) is 0 Å². The number of hydrogen-bond donors (Lipinski definition) is 0. The van der Waals surface area contributed by atoms with Crippen LogP contribution < -0.4 is 5.01 Å². The molecule has 0 bridgehead atoms. The number of aryl methyl sites for hydroxylation is 2. The number of halogens is 1. The summed E-state index contributed by atoms with van der Waals surface area (Å²) in [6, 6.07) is 34.4. The second-order valence-corrected chi connectivity index (χ2v) is 13.1. The van der Waals surface area contributed by atoms with Gasteiger partial charge in [-0.15, -0.1) is 0 Å². The van der Waals surface area contributed by atoms with E-state index in [4.69, 9.17) is 16.7 Å².